The number of benzene rings is 2. The SMILES string of the molecule is O=C(Nc1ccccc1Oc1ccccc1)C1CCN(C(=O)c2ccco2)CC1. The van der Waals surface area contributed by atoms with Gasteiger partial charge in [0.1, 0.15) is 5.75 Å². The van der Waals surface area contributed by atoms with E-state index in [1.165, 1.54) is 6.26 Å². The molecule has 4 rings (SSSR count). The second kappa shape index (κ2) is 8.65. The predicted molar refractivity (Wildman–Crippen MR) is 109 cm³/mol. The average molecular weight is 390 g/mol. The van der Waals surface area contributed by atoms with Crippen LogP contribution in [0.2, 0.25) is 0 Å². The summed E-state index contributed by atoms with van der Waals surface area (Å²) in [5.41, 5.74) is 0.635. The Morgan fingerprint density at radius 3 is 2.38 bits per heavy atom. The molecular weight excluding hydrogens is 368 g/mol. The van der Waals surface area contributed by atoms with E-state index < -0.39 is 0 Å². The second-order valence-corrected chi connectivity index (χ2v) is 6.94. The first-order chi connectivity index (χ1) is 14.2. The highest BCUT2D eigenvalue weighted by Crippen LogP contribution is 2.30. The van der Waals surface area contributed by atoms with E-state index in [0.29, 0.717) is 48.9 Å². The van der Waals surface area contributed by atoms with Crippen LogP contribution in [0.3, 0.4) is 0 Å². The van der Waals surface area contributed by atoms with E-state index in [-0.39, 0.29) is 17.7 Å². The van der Waals surface area contributed by atoms with E-state index in [1.54, 1.807) is 17.0 Å². The van der Waals surface area contributed by atoms with Crippen LogP contribution in [0, 0.1) is 5.92 Å². The zero-order chi connectivity index (χ0) is 20.1. The molecule has 1 aliphatic rings. The van der Waals surface area contributed by atoms with Crippen molar-refractivity contribution in [2.45, 2.75) is 12.8 Å². The van der Waals surface area contributed by atoms with Crippen molar-refractivity contribution in [3.05, 3.63) is 78.8 Å². The van der Waals surface area contributed by atoms with Crippen molar-refractivity contribution in [1.82, 2.24) is 4.90 Å². The third-order valence-electron chi connectivity index (χ3n) is 5.00. The minimum Gasteiger partial charge on any atom is -0.459 e. The Hall–Kier alpha value is -3.54. The van der Waals surface area contributed by atoms with Crippen LogP contribution in [-0.2, 0) is 4.79 Å². The number of ether oxygens (including phenoxy) is 1. The molecule has 2 amide bonds. The lowest BCUT2D eigenvalue weighted by atomic mass is 9.95. The van der Waals surface area contributed by atoms with Gasteiger partial charge in [0.2, 0.25) is 5.91 Å². The number of hydrogen-bond donors (Lipinski definition) is 1. The summed E-state index contributed by atoms with van der Waals surface area (Å²) in [6.45, 7) is 1.06. The zero-order valence-corrected chi connectivity index (χ0v) is 15.9. The molecule has 0 aliphatic carbocycles. The molecule has 1 aromatic heterocycles. The van der Waals surface area contributed by atoms with Crippen LogP contribution < -0.4 is 10.1 Å². The number of hydrogen-bond acceptors (Lipinski definition) is 4. The maximum atomic E-state index is 12.8. The number of carbonyl (C=O) groups is 2. The van der Waals surface area contributed by atoms with Crippen LogP contribution in [-0.4, -0.2) is 29.8 Å². The molecule has 6 nitrogen and oxygen atoms in total. The lowest BCUT2D eigenvalue weighted by Gasteiger charge is -2.30. The largest absolute Gasteiger partial charge is 0.459 e. The molecule has 0 radical (unpaired) electrons. The third kappa shape index (κ3) is 4.48. The van der Waals surface area contributed by atoms with Crippen molar-refractivity contribution in [3.8, 4) is 11.5 Å². The first-order valence-corrected chi connectivity index (χ1v) is 9.66. The van der Waals surface area contributed by atoms with E-state index in [0.717, 1.165) is 0 Å². The van der Waals surface area contributed by atoms with Crippen molar-refractivity contribution in [3.63, 3.8) is 0 Å². The van der Waals surface area contributed by atoms with Crippen molar-refractivity contribution in [2.75, 3.05) is 18.4 Å². The number of piperidine rings is 1. The number of nitrogens with one attached hydrogen (secondary N) is 1. The summed E-state index contributed by atoms with van der Waals surface area (Å²) in [5, 5.41) is 2.99. The van der Waals surface area contributed by atoms with Crippen molar-refractivity contribution >= 4 is 17.5 Å². The zero-order valence-electron chi connectivity index (χ0n) is 15.9. The molecule has 0 unspecified atom stereocenters. The van der Waals surface area contributed by atoms with E-state index >= 15 is 0 Å². The number of anilines is 1. The van der Waals surface area contributed by atoms with Gasteiger partial charge in [0, 0.05) is 19.0 Å². The Kier molecular flexibility index (Phi) is 5.61. The molecule has 148 valence electrons. The fraction of sp³-hybridized carbons (Fsp3) is 0.217. The van der Waals surface area contributed by atoms with Crippen LogP contribution in [0.1, 0.15) is 23.4 Å². The molecular formula is C23H22N2O4. The van der Waals surface area contributed by atoms with Crippen LogP contribution >= 0.6 is 0 Å². The fourth-order valence-electron chi connectivity index (χ4n) is 3.41. The number of rotatable bonds is 5. The van der Waals surface area contributed by atoms with Gasteiger partial charge in [-0.15, -0.1) is 0 Å². The Bertz CT molecular complexity index is 962. The van der Waals surface area contributed by atoms with Gasteiger partial charge in [0.05, 0.1) is 12.0 Å². The smallest absolute Gasteiger partial charge is 0.289 e. The summed E-state index contributed by atoms with van der Waals surface area (Å²) in [7, 11) is 0. The molecule has 2 aromatic carbocycles. The highest BCUT2D eigenvalue weighted by Gasteiger charge is 2.29. The number of amides is 2. The van der Waals surface area contributed by atoms with Gasteiger partial charge in [0.15, 0.2) is 11.5 Å². The van der Waals surface area contributed by atoms with E-state index in [9.17, 15) is 9.59 Å². The lowest BCUT2D eigenvalue weighted by Crippen LogP contribution is -2.41. The van der Waals surface area contributed by atoms with Gasteiger partial charge in [-0.1, -0.05) is 30.3 Å². The van der Waals surface area contributed by atoms with E-state index in [2.05, 4.69) is 5.32 Å². The molecule has 6 heteroatoms. The monoisotopic (exact) mass is 390 g/mol. The Morgan fingerprint density at radius 1 is 0.931 bits per heavy atom. The Morgan fingerprint density at radius 2 is 1.66 bits per heavy atom. The summed E-state index contributed by atoms with van der Waals surface area (Å²) in [6.07, 6.45) is 2.71. The van der Waals surface area contributed by atoms with Gasteiger partial charge in [-0.05, 0) is 49.2 Å². The Balaban J connectivity index is 1.36. The highest BCUT2D eigenvalue weighted by atomic mass is 16.5. The summed E-state index contributed by atoms with van der Waals surface area (Å²) in [5.74, 6) is 1.30. The second-order valence-electron chi connectivity index (χ2n) is 6.94. The van der Waals surface area contributed by atoms with E-state index in [1.807, 2.05) is 54.6 Å². The predicted octanol–water partition coefficient (Wildman–Crippen LogP) is 4.56. The van der Waals surface area contributed by atoms with Gasteiger partial charge < -0.3 is 19.4 Å². The third-order valence-corrected chi connectivity index (χ3v) is 5.00. The van der Waals surface area contributed by atoms with Crippen LogP contribution in [0.5, 0.6) is 11.5 Å². The van der Waals surface area contributed by atoms with Crippen molar-refractivity contribution in [2.24, 2.45) is 5.92 Å². The number of likely N-dealkylation sites (tertiary alicyclic amines) is 1. The molecule has 1 fully saturated rings. The van der Waals surface area contributed by atoms with Crippen LogP contribution in [0.4, 0.5) is 5.69 Å². The number of nitrogens with zero attached hydrogens (tertiary/aromatic N) is 1. The van der Waals surface area contributed by atoms with Gasteiger partial charge in [-0.3, -0.25) is 9.59 Å². The van der Waals surface area contributed by atoms with Gasteiger partial charge in [-0.25, -0.2) is 0 Å². The van der Waals surface area contributed by atoms with Crippen molar-refractivity contribution < 1.29 is 18.7 Å². The average Bonchev–Trinajstić information content (AvgIpc) is 3.30. The lowest BCUT2D eigenvalue weighted by molar-refractivity contribution is -0.121. The fourth-order valence-corrected chi connectivity index (χ4v) is 3.41. The molecule has 3 aromatic rings. The Labute approximate surface area is 169 Å². The number of furan rings is 1. The van der Waals surface area contributed by atoms with E-state index in [4.69, 9.17) is 9.15 Å². The maximum absolute atomic E-state index is 12.8. The molecule has 1 N–H and O–H groups in total. The minimum atomic E-state index is -0.152. The van der Waals surface area contributed by atoms with Gasteiger partial charge in [0.25, 0.3) is 5.91 Å². The van der Waals surface area contributed by atoms with Crippen LogP contribution in [0.25, 0.3) is 0 Å². The van der Waals surface area contributed by atoms with Crippen molar-refractivity contribution in [1.29, 1.82) is 0 Å². The molecule has 1 saturated heterocycles. The van der Waals surface area contributed by atoms with Gasteiger partial charge in [-0.2, -0.15) is 0 Å². The molecule has 29 heavy (non-hydrogen) atoms. The summed E-state index contributed by atoms with van der Waals surface area (Å²) < 4.78 is 11.1. The first-order valence-electron chi connectivity index (χ1n) is 9.66. The molecule has 1 aliphatic heterocycles. The topological polar surface area (TPSA) is 71.8 Å². The maximum Gasteiger partial charge on any atom is 0.289 e. The number of carbonyl (C=O) groups excluding carboxylic acids is 2. The summed E-state index contributed by atoms with van der Waals surface area (Å²) >= 11 is 0. The molecule has 0 spiro atoms. The quantitative estimate of drug-likeness (QED) is 0.693. The molecule has 2 heterocycles. The summed E-state index contributed by atoms with van der Waals surface area (Å²) in [4.78, 5) is 26.9. The summed E-state index contributed by atoms with van der Waals surface area (Å²) in [6, 6.07) is 20.2. The first kappa shape index (κ1) is 18.8. The molecule has 0 saturated carbocycles. The highest BCUT2D eigenvalue weighted by molar-refractivity contribution is 5.95. The van der Waals surface area contributed by atoms with Crippen LogP contribution in [0.15, 0.2) is 77.4 Å². The number of para-hydroxylation sites is 3. The standard InChI is InChI=1S/C23H22N2O4/c26-22(17-12-14-25(15-13-17)23(27)21-11-6-16-28-21)24-19-9-4-5-10-20(19)29-18-7-2-1-3-8-18/h1-11,16-17H,12-15H2,(H,24,26). The molecule has 0 bridgehead atoms. The normalized spacial score (nSPS) is 14.4. The minimum absolute atomic E-state index is 0.0563. The molecule has 0 atom stereocenters. The van der Waals surface area contributed by atoms with Gasteiger partial charge >= 0.3 is 0 Å².